The van der Waals surface area contributed by atoms with Crippen LogP contribution in [0.25, 0.3) is 0 Å². The molecule has 0 saturated carbocycles. The summed E-state index contributed by atoms with van der Waals surface area (Å²) in [5.41, 5.74) is 6.83. The van der Waals surface area contributed by atoms with E-state index in [1.54, 1.807) is 25.3 Å². The molecule has 1 aromatic heterocycles. The van der Waals surface area contributed by atoms with Gasteiger partial charge in [0.1, 0.15) is 5.75 Å². The van der Waals surface area contributed by atoms with Crippen molar-refractivity contribution in [2.75, 3.05) is 18.2 Å². The molecule has 7 heteroatoms. The van der Waals surface area contributed by atoms with Gasteiger partial charge in [-0.2, -0.15) is 4.98 Å². The van der Waals surface area contributed by atoms with Crippen molar-refractivity contribution in [2.24, 2.45) is 0 Å². The summed E-state index contributed by atoms with van der Waals surface area (Å²) in [6, 6.07) is 5.09. The van der Waals surface area contributed by atoms with E-state index in [1.165, 1.54) is 0 Å². The quantitative estimate of drug-likeness (QED) is 0.794. The number of aryl methyl sites for hydroxylation is 1. The number of nitrogens with one attached hydrogen (secondary N) is 1. The molecule has 0 radical (unpaired) electrons. The molecule has 1 amide bonds. The molecular weight excluding hydrogens is 284 g/mol. The van der Waals surface area contributed by atoms with E-state index in [0.29, 0.717) is 35.3 Å². The molecule has 0 bridgehead atoms. The Morgan fingerprint density at radius 1 is 1.45 bits per heavy atom. The Balaban J connectivity index is 1.92. The van der Waals surface area contributed by atoms with Crippen LogP contribution >= 0.6 is 0 Å². The summed E-state index contributed by atoms with van der Waals surface area (Å²) in [5.74, 6) is 1.75. The molecule has 0 aliphatic rings. The Bertz CT molecular complexity index is 652. The largest absolute Gasteiger partial charge is 0.497 e. The van der Waals surface area contributed by atoms with Crippen molar-refractivity contribution in [3.05, 3.63) is 29.9 Å². The molecule has 118 valence electrons. The van der Waals surface area contributed by atoms with Crippen molar-refractivity contribution >= 4 is 17.3 Å². The first-order valence-electron chi connectivity index (χ1n) is 7.05. The second-order valence-corrected chi connectivity index (χ2v) is 5.20. The second kappa shape index (κ2) is 6.93. The molecule has 2 rings (SSSR count). The van der Waals surface area contributed by atoms with Crippen molar-refractivity contribution in [1.29, 1.82) is 0 Å². The highest BCUT2D eigenvalue weighted by Gasteiger charge is 2.12. The van der Waals surface area contributed by atoms with Gasteiger partial charge in [0.05, 0.1) is 18.5 Å². The number of rotatable bonds is 6. The van der Waals surface area contributed by atoms with Crippen molar-refractivity contribution in [2.45, 2.75) is 32.6 Å². The fourth-order valence-corrected chi connectivity index (χ4v) is 1.81. The Morgan fingerprint density at radius 3 is 2.86 bits per heavy atom. The first kappa shape index (κ1) is 15.8. The smallest absolute Gasteiger partial charge is 0.227 e. The minimum atomic E-state index is -0.177. The van der Waals surface area contributed by atoms with Crippen LogP contribution in [0.5, 0.6) is 5.75 Å². The number of hydrogen-bond acceptors (Lipinski definition) is 6. The average molecular weight is 304 g/mol. The lowest BCUT2D eigenvalue weighted by Crippen LogP contribution is -2.13. The van der Waals surface area contributed by atoms with Gasteiger partial charge in [-0.15, -0.1) is 0 Å². The fourth-order valence-electron chi connectivity index (χ4n) is 1.81. The van der Waals surface area contributed by atoms with E-state index in [1.807, 2.05) is 13.8 Å². The second-order valence-electron chi connectivity index (χ2n) is 5.20. The van der Waals surface area contributed by atoms with Crippen LogP contribution in [-0.4, -0.2) is 23.2 Å². The summed E-state index contributed by atoms with van der Waals surface area (Å²) < 4.78 is 10.2. The van der Waals surface area contributed by atoms with Gasteiger partial charge in [0.25, 0.3) is 0 Å². The van der Waals surface area contributed by atoms with Gasteiger partial charge >= 0.3 is 0 Å². The molecule has 0 atom stereocenters. The highest BCUT2D eigenvalue weighted by molar-refractivity contribution is 5.94. The fraction of sp³-hybridized carbons (Fsp3) is 0.400. The molecule has 0 unspecified atom stereocenters. The molecule has 3 N–H and O–H groups in total. The first-order valence-corrected chi connectivity index (χ1v) is 7.05. The number of anilines is 2. The summed E-state index contributed by atoms with van der Waals surface area (Å²) in [4.78, 5) is 16.2. The van der Waals surface area contributed by atoms with Crippen LogP contribution in [0.2, 0.25) is 0 Å². The summed E-state index contributed by atoms with van der Waals surface area (Å²) in [6.07, 6.45) is 0.617. The van der Waals surface area contributed by atoms with Gasteiger partial charge in [0.15, 0.2) is 5.82 Å². The maximum absolute atomic E-state index is 12.0. The number of hydrogen-bond donors (Lipinski definition) is 2. The lowest BCUT2D eigenvalue weighted by Gasteiger charge is -2.09. The predicted molar refractivity (Wildman–Crippen MR) is 82.7 cm³/mol. The van der Waals surface area contributed by atoms with E-state index < -0.39 is 0 Å². The molecule has 0 aliphatic heterocycles. The topological polar surface area (TPSA) is 103 Å². The number of benzene rings is 1. The van der Waals surface area contributed by atoms with Gasteiger partial charge in [-0.3, -0.25) is 4.79 Å². The molecule has 0 aliphatic carbocycles. The maximum atomic E-state index is 12.0. The van der Waals surface area contributed by atoms with Crippen LogP contribution in [0, 0.1) is 0 Å². The summed E-state index contributed by atoms with van der Waals surface area (Å²) >= 11 is 0. The summed E-state index contributed by atoms with van der Waals surface area (Å²) in [7, 11) is 1.55. The van der Waals surface area contributed by atoms with Gasteiger partial charge in [-0.25, -0.2) is 0 Å². The zero-order valence-electron chi connectivity index (χ0n) is 12.9. The van der Waals surface area contributed by atoms with E-state index in [2.05, 4.69) is 15.5 Å². The van der Waals surface area contributed by atoms with Crippen molar-refractivity contribution in [3.8, 4) is 5.75 Å². The van der Waals surface area contributed by atoms with Crippen molar-refractivity contribution < 1.29 is 14.1 Å². The lowest BCUT2D eigenvalue weighted by atomic mass is 10.2. The minimum absolute atomic E-state index is 0.177. The number of aromatic nitrogens is 2. The number of carbonyl (C=O) groups is 1. The van der Waals surface area contributed by atoms with Crippen LogP contribution < -0.4 is 15.8 Å². The third kappa shape index (κ3) is 3.97. The maximum Gasteiger partial charge on any atom is 0.227 e. The van der Waals surface area contributed by atoms with Crippen LogP contribution in [0.4, 0.5) is 11.4 Å². The van der Waals surface area contributed by atoms with Gasteiger partial charge in [0, 0.05) is 24.8 Å². The normalized spacial score (nSPS) is 10.7. The average Bonchev–Trinajstić information content (AvgIpc) is 2.96. The van der Waals surface area contributed by atoms with Crippen molar-refractivity contribution in [3.63, 3.8) is 0 Å². The van der Waals surface area contributed by atoms with Crippen LogP contribution in [0.1, 0.15) is 37.9 Å². The lowest BCUT2D eigenvalue weighted by molar-refractivity contribution is -0.116. The van der Waals surface area contributed by atoms with E-state index in [0.717, 1.165) is 0 Å². The number of carbonyl (C=O) groups excluding carboxylic acids is 1. The van der Waals surface area contributed by atoms with Gasteiger partial charge in [0.2, 0.25) is 11.8 Å². The molecule has 0 fully saturated rings. The molecule has 2 aromatic rings. The van der Waals surface area contributed by atoms with E-state index >= 15 is 0 Å². The standard InChI is InChI=1S/C15H20N4O3/c1-9(2)15-18-14(22-19-15)7-6-13(20)17-12-8-10(21-3)4-5-11(12)16/h4-5,8-9H,6-7,16H2,1-3H3,(H,17,20). The Hall–Kier alpha value is -2.57. The number of nitrogens with zero attached hydrogens (tertiary/aromatic N) is 2. The molecule has 7 nitrogen and oxygen atoms in total. The highest BCUT2D eigenvalue weighted by atomic mass is 16.5. The van der Waals surface area contributed by atoms with E-state index in [9.17, 15) is 4.79 Å². The number of nitrogens with two attached hydrogens (primary N) is 1. The SMILES string of the molecule is COc1ccc(N)c(NC(=O)CCc2nc(C(C)C)no2)c1. The minimum Gasteiger partial charge on any atom is -0.497 e. The third-order valence-electron chi connectivity index (χ3n) is 3.10. The van der Waals surface area contributed by atoms with E-state index in [4.69, 9.17) is 15.0 Å². The van der Waals surface area contributed by atoms with Gasteiger partial charge in [-0.1, -0.05) is 19.0 Å². The molecule has 0 saturated heterocycles. The Kier molecular flexibility index (Phi) is 4.98. The van der Waals surface area contributed by atoms with Gasteiger partial charge in [-0.05, 0) is 12.1 Å². The van der Waals surface area contributed by atoms with Crippen LogP contribution in [-0.2, 0) is 11.2 Å². The van der Waals surface area contributed by atoms with E-state index in [-0.39, 0.29) is 18.2 Å². The number of methoxy groups -OCH3 is 1. The molecule has 22 heavy (non-hydrogen) atoms. The zero-order chi connectivity index (χ0) is 16.1. The first-order chi connectivity index (χ1) is 10.5. The summed E-state index contributed by atoms with van der Waals surface area (Å²) in [6.45, 7) is 3.96. The van der Waals surface area contributed by atoms with Gasteiger partial charge < -0.3 is 20.3 Å². The third-order valence-corrected chi connectivity index (χ3v) is 3.10. The van der Waals surface area contributed by atoms with Crippen LogP contribution in [0.15, 0.2) is 22.7 Å². The Labute approximate surface area is 128 Å². The highest BCUT2D eigenvalue weighted by Crippen LogP contribution is 2.24. The monoisotopic (exact) mass is 304 g/mol. The molecule has 0 spiro atoms. The number of nitrogen functional groups attached to an aromatic ring is 1. The molecule has 1 aromatic carbocycles. The number of ether oxygens (including phenoxy) is 1. The summed E-state index contributed by atoms with van der Waals surface area (Å²) in [5, 5.41) is 6.61. The number of amides is 1. The predicted octanol–water partition coefficient (Wildman–Crippen LogP) is 2.36. The van der Waals surface area contributed by atoms with Crippen molar-refractivity contribution in [1.82, 2.24) is 10.1 Å². The Morgan fingerprint density at radius 2 is 2.23 bits per heavy atom. The molecule has 1 heterocycles. The zero-order valence-corrected chi connectivity index (χ0v) is 12.9. The molecular formula is C15H20N4O3. The van der Waals surface area contributed by atoms with Crippen LogP contribution in [0.3, 0.4) is 0 Å².